The van der Waals surface area contributed by atoms with Gasteiger partial charge in [0.15, 0.2) is 6.10 Å². The fourth-order valence-electron chi connectivity index (χ4n) is 6.27. The van der Waals surface area contributed by atoms with Gasteiger partial charge in [0.1, 0.15) is 13.2 Å². The van der Waals surface area contributed by atoms with Crippen molar-refractivity contribution < 1.29 is 28.6 Å². The average molecular weight is 869 g/mol. The van der Waals surface area contributed by atoms with E-state index in [1.165, 1.54) is 77.0 Å². The van der Waals surface area contributed by atoms with Crippen LogP contribution in [0.1, 0.15) is 188 Å². The topological polar surface area (TPSA) is 78.9 Å². The minimum atomic E-state index is -0.828. The molecule has 0 saturated carbocycles. The Morgan fingerprint density at radius 2 is 0.635 bits per heavy atom. The third kappa shape index (κ3) is 48.4. The van der Waals surface area contributed by atoms with Gasteiger partial charge >= 0.3 is 17.9 Å². The Balaban J connectivity index is 4.59. The highest BCUT2D eigenvalue weighted by molar-refractivity contribution is 5.71. The van der Waals surface area contributed by atoms with Crippen molar-refractivity contribution >= 4 is 17.9 Å². The first kappa shape index (κ1) is 58.6. The van der Waals surface area contributed by atoms with Crippen LogP contribution in [-0.4, -0.2) is 37.2 Å². The quantitative estimate of drug-likeness (QED) is 0.0263. The van der Waals surface area contributed by atoms with E-state index in [9.17, 15) is 14.4 Å². The van der Waals surface area contributed by atoms with Crippen LogP contribution < -0.4 is 0 Å². The molecule has 0 bridgehead atoms. The molecule has 0 aliphatic heterocycles. The maximum atomic E-state index is 12.8. The maximum absolute atomic E-state index is 12.8. The third-order valence-electron chi connectivity index (χ3n) is 9.94. The van der Waals surface area contributed by atoms with E-state index in [0.29, 0.717) is 19.3 Å². The third-order valence-corrected chi connectivity index (χ3v) is 9.94. The zero-order valence-corrected chi connectivity index (χ0v) is 40.0. The van der Waals surface area contributed by atoms with Gasteiger partial charge in [0.2, 0.25) is 0 Å². The van der Waals surface area contributed by atoms with Crippen LogP contribution in [0, 0.1) is 0 Å². The molecule has 0 heterocycles. The van der Waals surface area contributed by atoms with Crippen LogP contribution in [0.25, 0.3) is 0 Å². The Hall–Kier alpha value is -4.45. The lowest BCUT2D eigenvalue weighted by molar-refractivity contribution is -0.167. The van der Waals surface area contributed by atoms with Crippen LogP contribution in [0.2, 0.25) is 0 Å². The van der Waals surface area contributed by atoms with Crippen molar-refractivity contribution in [1.29, 1.82) is 0 Å². The van der Waals surface area contributed by atoms with Crippen LogP contribution in [0.4, 0.5) is 0 Å². The van der Waals surface area contributed by atoms with E-state index in [0.717, 1.165) is 57.8 Å². The predicted molar refractivity (Wildman–Crippen MR) is 269 cm³/mol. The smallest absolute Gasteiger partial charge is 0.306 e. The van der Waals surface area contributed by atoms with Crippen molar-refractivity contribution in [2.24, 2.45) is 0 Å². The van der Waals surface area contributed by atoms with Crippen molar-refractivity contribution in [1.82, 2.24) is 0 Å². The summed E-state index contributed by atoms with van der Waals surface area (Å²) in [4.78, 5) is 37.9. The summed E-state index contributed by atoms with van der Waals surface area (Å²) < 4.78 is 16.7. The molecule has 0 radical (unpaired) electrons. The lowest BCUT2D eigenvalue weighted by Gasteiger charge is -2.18. The summed E-state index contributed by atoms with van der Waals surface area (Å²) in [5, 5.41) is 0. The van der Waals surface area contributed by atoms with Crippen molar-refractivity contribution in [2.75, 3.05) is 13.2 Å². The number of carbonyl (C=O) groups is 3. The lowest BCUT2D eigenvalue weighted by atomic mass is 10.0. The molecule has 352 valence electrons. The van der Waals surface area contributed by atoms with Gasteiger partial charge in [-0.3, -0.25) is 14.4 Å². The van der Waals surface area contributed by atoms with Crippen LogP contribution in [0.3, 0.4) is 0 Å². The molecule has 6 heteroatoms. The molecule has 6 nitrogen and oxygen atoms in total. The molecule has 0 aromatic heterocycles. The number of unbranched alkanes of at least 4 members (excludes halogenated alkanes) is 18. The summed E-state index contributed by atoms with van der Waals surface area (Å²) in [7, 11) is 0. The molecule has 0 aromatic carbocycles. The summed E-state index contributed by atoms with van der Waals surface area (Å²) in [5.74, 6) is -1.05. The van der Waals surface area contributed by atoms with E-state index in [1.807, 2.05) is 115 Å². The Bertz CT molecular complexity index is 1420. The van der Waals surface area contributed by atoms with Gasteiger partial charge in [-0.2, -0.15) is 0 Å². The number of ether oxygens (including phenoxy) is 3. The monoisotopic (exact) mass is 869 g/mol. The highest BCUT2D eigenvalue weighted by Crippen LogP contribution is 2.15. The molecule has 63 heavy (non-hydrogen) atoms. The van der Waals surface area contributed by atoms with Gasteiger partial charge in [0.25, 0.3) is 0 Å². The van der Waals surface area contributed by atoms with E-state index in [4.69, 9.17) is 14.2 Å². The van der Waals surface area contributed by atoms with Crippen LogP contribution in [-0.2, 0) is 28.6 Å². The van der Waals surface area contributed by atoms with Gasteiger partial charge < -0.3 is 14.2 Å². The van der Waals surface area contributed by atoms with Crippen LogP contribution in [0.5, 0.6) is 0 Å². The fourth-order valence-corrected chi connectivity index (χ4v) is 6.27. The van der Waals surface area contributed by atoms with Crippen molar-refractivity contribution in [3.63, 3.8) is 0 Å². The molecule has 0 fully saturated rings. The maximum Gasteiger partial charge on any atom is 0.306 e. The van der Waals surface area contributed by atoms with E-state index >= 15 is 0 Å². The summed E-state index contributed by atoms with van der Waals surface area (Å²) in [5.41, 5.74) is 0. The van der Waals surface area contributed by atoms with Crippen LogP contribution in [0.15, 0.2) is 134 Å². The highest BCUT2D eigenvalue weighted by atomic mass is 16.6. The molecule has 0 rings (SSSR count). The number of allylic oxidation sites excluding steroid dienone is 22. The molecule has 0 spiro atoms. The van der Waals surface area contributed by atoms with Gasteiger partial charge in [-0.05, 0) is 51.4 Å². The fraction of sp³-hybridized carbons (Fsp3) is 0.561. The molecule has 0 saturated heterocycles. The normalized spacial score (nSPS) is 13.3. The second-order valence-electron chi connectivity index (χ2n) is 15.9. The van der Waals surface area contributed by atoms with Gasteiger partial charge in [0, 0.05) is 19.3 Å². The average Bonchev–Trinajstić information content (AvgIpc) is 3.28. The number of rotatable bonds is 42. The zero-order valence-electron chi connectivity index (χ0n) is 40.0. The molecule has 0 amide bonds. The molecule has 0 aliphatic rings. The van der Waals surface area contributed by atoms with Gasteiger partial charge in [0.05, 0.1) is 0 Å². The van der Waals surface area contributed by atoms with Gasteiger partial charge in [-0.25, -0.2) is 0 Å². The van der Waals surface area contributed by atoms with Crippen molar-refractivity contribution in [2.45, 2.75) is 194 Å². The zero-order chi connectivity index (χ0) is 45.8. The number of hydrogen-bond acceptors (Lipinski definition) is 6. The first-order valence-electron chi connectivity index (χ1n) is 24.8. The first-order valence-corrected chi connectivity index (χ1v) is 24.8. The second kappa shape index (κ2) is 50.2. The SMILES string of the molecule is CC/C=C/C=C/C=C/C=C/C=C/C=C/CCCCCC(=O)OCC(COC(=O)CCC/C=C/C=C/C=C/C=C/C=C/CC)OC(=O)CCCCCCCCCCCCCCCCC. The number of esters is 3. The van der Waals surface area contributed by atoms with E-state index in [2.05, 4.69) is 39.0 Å². The molecule has 0 aromatic rings. The standard InChI is InChI=1S/C57H88O6/c1-4-7-10-13-16-19-22-25-27-28-30-32-35-38-41-44-47-50-56(59)62-53-54(52-61-55(58)49-46-43-40-37-34-31-24-21-18-15-12-9-6-3)63-57(60)51-48-45-42-39-36-33-29-26-23-20-17-14-11-8-5-2/h7,9-10,12-13,15-16,18-19,21-22,24-25,27-28,30-32,34-35,37,40,54H,4-6,8,11,14,17,20,23,26,29,33,36,38-39,41-53H2,1-3H3/b10-7+,12-9+,16-13+,18-15+,22-19+,24-21+,27-25+,30-28+,34-31+,35-32+,40-37+. The molecular formula is C57H88O6. The molecule has 0 aliphatic carbocycles. The molecule has 1 atom stereocenters. The largest absolute Gasteiger partial charge is 0.462 e. The summed E-state index contributed by atoms with van der Waals surface area (Å²) in [6, 6.07) is 0. The Morgan fingerprint density at radius 3 is 1.03 bits per heavy atom. The first-order chi connectivity index (χ1) is 31.0. The van der Waals surface area contributed by atoms with Crippen molar-refractivity contribution in [3.05, 3.63) is 134 Å². The number of carbonyl (C=O) groups excluding carboxylic acids is 3. The molecule has 0 N–H and O–H groups in total. The Kier molecular flexibility index (Phi) is 46.7. The lowest BCUT2D eigenvalue weighted by Crippen LogP contribution is -2.30. The van der Waals surface area contributed by atoms with E-state index in [1.54, 1.807) is 0 Å². The van der Waals surface area contributed by atoms with E-state index in [-0.39, 0.29) is 44.0 Å². The second-order valence-corrected chi connectivity index (χ2v) is 15.9. The minimum absolute atomic E-state index is 0.127. The molecular weight excluding hydrogens is 781 g/mol. The summed E-state index contributed by atoms with van der Waals surface area (Å²) in [6.45, 7) is 6.22. The minimum Gasteiger partial charge on any atom is -0.462 e. The highest BCUT2D eigenvalue weighted by Gasteiger charge is 2.19. The Morgan fingerprint density at radius 1 is 0.333 bits per heavy atom. The molecule has 1 unspecified atom stereocenters. The predicted octanol–water partition coefficient (Wildman–Crippen LogP) is 16.3. The van der Waals surface area contributed by atoms with E-state index < -0.39 is 6.10 Å². The summed E-state index contributed by atoms with van der Waals surface area (Å²) >= 11 is 0. The number of hydrogen-bond donors (Lipinski definition) is 0. The van der Waals surface area contributed by atoms with Crippen molar-refractivity contribution in [3.8, 4) is 0 Å². The summed E-state index contributed by atoms with van der Waals surface area (Å²) in [6.07, 6.45) is 70.1. The van der Waals surface area contributed by atoms with Gasteiger partial charge in [-0.1, -0.05) is 251 Å². The van der Waals surface area contributed by atoms with Gasteiger partial charge in [-0.15, -0.1) is 0 Å². The van der Waals surface area contributed by atoms with Crippen LogP contribution >= 0.6 is 0 Å². The Labute approximate surface area is 385 Å².